The Labute approximate surface area is 178 Å². The standard InChI is InChI=1S/C22H24N6O3/c1-14(2)13-31-22(30)24-16-8-6-7-15(11-16)23-12-19-25-26-21-27(3)20(29)17-9-4-5-10-18(17)28(19)21/h4-11,14,23H,12-13H2,1-3H3,(H,24,30). The number of carbonyl (C=O) groups is 1. The van der Waals surface area contributed by atoms with Crippen LogP contribution in [0.3, 0.4) is 0 Å². The lowest BCUT2D eigenvalue weighted by atomic mass is 10.2. The molecule has 0 aliphatic heterocycles. The van der Waals surface area contributed by atoms with Gasteiger partial charge in [-0.15, -0.1) is 10.2 Å². The Bertz CT molecular complexity index is 1310. The number of hydrogen-bond acceptors (Lipinski definition) is 6. The van der Waals surface area contributed by atoms with Crippen LogP contribution in [0.2, 0.25) is 0 Å². The minimum absolute atomic E-state index is 0.113. The molecule has 0 aliphatic carbocycles. The lowest BCUT2D eigenvalue weighted by Gasteiger charge is -2.11. The van der Waals surface area contributed by atoms with Crippen LogP contribution in [0.25, 0.3) is 16.7 Å². The highest BCUT2D eigenvalue weighted by Crippen LogP contribution is 2.18. The van der Waals surface area contributed by atoms with Crippen molar-refractivity contribution in [3.63, 3.8) is 0 Å². The van der Waals surface area contributed by atoms with Gasteiger partial charge in [-0.3, -0.25) is 19.1 Å². The molecular weight excluding hydrogens is 396 g/mol. The van der Waals surface area contributed by atoms with Crippen LogP contribution in [0.15, 0.2) is 53.3 Å². The van der Waals surface area contributed by atoms with Gasteiger partial charge in [0.05, 0.1) is 24.1 Å². The first kappa shape index (κ1) is 20.4. The monoisotopic (exact) mass is 420 g/mol. The zero-order valence-corrected chi connectivity index (χ0v) is 17.6. The quantitative estimate of drug-likeness (QED) is 0.496. The first-order chi connectivity index (χ1) is 14.9. The molecule has 2 heterocycles. The highest BCUT2D eigenvalue weighted by molar-refractivity contribution is 5.85. The van der Waals surface area contributed by atoms with E-state index in [1.54, 1.807) is 19.2 Å². The average molecular weight is 420 g/mol. The summed E-state index contributed by atoms with van der Waals surface area (Å²) in [5.74, 6) is 1.41. The molecule has 0 spiro atoms. The number of rotatable bonds is 6. The zero-order valence-electron chi connectivity index (χ0n) is 17.6. The lowest BCUT2D eigenvalue weighted by molar-refractivity contribution is 0.147. The molecule has 2 N–H and O–H groups in total. The van der Waals surface area contributed by atoms with E-state index in [9.17, 15) is 9.59 Å². The Morgan fingerprint density at radius 3 is 2.68 bits per heavy atom. The predicted octanol–water partition coefficient (Wildman–Crippen LogP) is 3.40. The van der Waals surface area contributed by atoms with Crippen molar-refractivity contribution < 1.29 is 9.53 Å². The number of anilines is 2. The molecule has 0 aliphatic rings. The molecule has 0 fully saturated rings. The topological polar surface area (TPSA) is 103 Å². The highest BCUT2D eigenvalue weighted by atomic mass is 16.5. The van der Waals surface area contributed by atoms with Gasteiger partial charge in [0.15, 0.2) is 5.82 Å². The number of carbonyl (C=O) groups excluding carboxylic acids is 1. The van der Waals surface area contributed by atoms with Crippen LogP contribution < -0.4 is 16.2 Å². The first-order valence-corrected chi connectivity index (χ1v) is 10.0. The number of ether oxygens (including phenoxy) is 1. The van der Waals surface area contributed by atoms with E-state index in [1.165, 1.54) is 4.57 Å². The van der Waals surface area contributed by atoms with Gasteiger partial charge < -0.3 is 10.1 Å². The van der Waals surface area contributed by atoms with Gasteiger partial charge in [-0.2, -0.15) is 0 Å². The van der Waals surface area contributed by atoms with E-state index in [-0.39, 0.29) is 11.5 Å². The molecule has 0 unspecified atom stereocenters. The predicted molar refractivity (Wildman–Crippen MR) is 119 cm³/mol. The molecule has 9 nitrogen and oxygen atoms in total. The fourth-order valence-corrected chi connectivity index (χ4v) is 3.29. The number of nitrogens with zero attached hydrogens (tertiary/aromatic N) is 4. The summed E-state index contributed by atoms with van der Waals surface area (Å²) in [6, 6.07) is 14.7. The molecule has 0 atom stereocenters. The van der Waals surface area contributed by atoms with E-state index in [4.69, 9.17) is 4.74 Å². The molecule has 2 aromatic heterocycles. The van der Waals surface area contributed by atoms with Gasteiger partial charge in [-0.25, -0.2) is 4.79 Å². The van der Waals surface area contributed by atoms with Crippen molar-refractivity contribution in [2.24, 2.45) is 13.0 Å². The second-order valence-corrected chi connectivity index (χ2v) is 7.68. The summed E-state index contributed by atoms with van der Waals surface area (Å²) in [5.41, 5.74) is 2.06. The van der Waals surface area contributed by atoms with Crippen molar-refractivity contribution in [3.8, 4) is 0 Å². The van der Waals surface area contributed by atoms with E-state index < -0.39 is 6.09 Å². The normalized spacial score (nSPS) is 11.2. The van der Waals surface area contributed by atoms with Crippen LogP contribution in [0.1, 0.15) is 19.7 Å². The molecule has 0 radical (unpaired) electrons. The fourth-order valence-electron chi connectivity index (χ4n) is 3.29. The summed E-state index contributed by atoms with van der Waals surface area (Å²) < 4.78 is 8.52. The number of nitrogens with one attached hydrogen (secondary N) is 2. The Balaban J connectivity index is 1.55. The molecule has 160 valence electrons. The number of benzene rings is 2. The minimum Gasteiger partial charge on any atom is -0.449 e. The van der Waals surface area contributed by atoms with Gasteiger partial charge in [-0.1, -0.05) is 32.0 Å². The van der Waals surface area contributed by atoms with Crippen molar-refractivity contribution in [2.75, 3.05) is 17.2 Å². The fraction of sp³-hybridized carbons (Fsp3) is 0.273. The van der Waals surface area contributed by atoms with E-state index in [0.29, 0.717) is 35.8 Å². The number of hydrogen-bond donors (Lipinski definition) is 2. The maximum Gasteiger partial charge on any atom is 0.411 e. The molecule has 2 aromatic carbocycles. The van der Waals surface area contributed by atoms with Crippen molar-refractivity contribution in [1.29, 1.82) is 0 Å². The zero-order chi connectivity index (χ0) is 22.0. The van der Waals surface area contributed by atoms with E-state index in [0.717, 1.165) is 11.2 Å². The van der Waals surface area contributed by atoms with Gasteiger partial charge in [0.2, 0.25) is 5.78 Å². The molecule has 0 saturated carbocycles. The van der Waals surface area contributed by atoms with E-state index in [2.05, 4.69) is 20.8 Å². The third-order valence-electron chi connectivity index (χ3n) is 4.80. The van der Waals surface area contributed by atoms with Crippen LogP contribution in [-0.2, 0) is 18.3 Å². The summed E-state index contributed by atoms with van der Waals surface area (Å²) in [4.78, 5) is 24.5. The summed E-state index contributed by atoms with van der Waals surface area (Å²) in [6.07, 6.45) is -0.485. The van der Waals surface area contributed by atoms with E-state index >= 15 is 0 Å². The van der Waals surface area contributed by atoms with Crippen molar-refractivity contribution in [1.82, 2.24) is 19.2 Å². The lowest BCUT2D eigenvalue weighted by Crippen LogP contribution is -2.20. The summed E-state index contributed by atoms with van der Waals surface area (Å²) in [6.45, 7) is 4.70. The van der Waals surface area contributed by atoms with Gasteiger partial charge >= 0.3 is 6.09 Å². The largest absolute Gasteiger partial charge is 0.449 e. The molecule has 1 amide bonds. The summed E-state index contributed by atoms with van der Waals surface area (Å²) in [5, 5.41) is 15.1. The first-order valence-electron chi connectivity index (χ1n) is 10.0. The number of amides is 1. The molecule has 0 bridgehead atoms. The molecule has 9 heteroatoms. The number of aryl methyl sites for hydroxylation is 1. The Morgan fingerprint density at radius 2 is 1.87 bits per heavy atom. The van der Waals surface area contributed by atoms with Crippen LogP contribution >= 0.6 is 0 Å². The third kappa shape index (κ3) is 4.20. The van der Waals surface area contributed by atoms with Crippen LogP contribution in [-0.4, -0.2) is 31.9 Å². The average Bonchev–Trinajstić information content (AvgIpc) is 3.19. The van der Waals surface area contributed by atoms with Crippen molar-refractivity contribution >= 4 is 34.1 Å². The molecule has 4 aromatic rings. The van der Waals surface area contributed by atoms with Crippen LogP contribution in [0, 0.1) is 5.92 Å². The van der Waals surface area contributed by atoms with Crippen molar-refractivity contribution in [2.45, 2.75) is 20.4 Å². The third-order valence-corrected chi connectivity index (χ3v) is 4.80. The number of aromatic nitrogens is 4. The summed E-state index contributed by atoms with van der Waals surface area (Å²) >= 11 is 0. The van der Waals surface area contributed by atoms with Gasteiger partial charge in [-0.05, 0) is 36.2 Å². The number of para-hydroxylation sites is 1. The maximum absolute atomic E-state index is 12.6. The van der Waals surface area contributed by atoms with Gasteiger partial charge in [0.1, 0.15) is 0 Å². The van der Waals surface area contributed by atoms with Gasteiger partial charge in [0.25, 0.3) is 5.56 Å². The molecule has 4 rings (SSSR count). The second-order valence-electron chi connectivity index (χ2n) is 7.68. The second kappa shape index (κ2) is 8.47. The van der Waals surface area contributed by atoms with Crippen LogP contribution in [0.4, 0.5) is 16.2 Å². The van der Waals surface area contributed by atoms with E-state index in [1.807, 2.05) is 54.6 Å². The smallest absolute Gasteiger partial charge is 0.411 e. The van der Waals surface area contributed by atoms with Crippen molar-refractivity contribution in [3.05, 3.63) is 64.7 Å². The highest BCUT2D eigenvalue weighted by Gasteiger charge is 2.14. The Hall–Kier alpha value is -3.88. The number of fused-ring (bicyclic) bond motifs is 3. The minimum atomic E-state index is -0.485. The SMILES string of the molecule is CC(C)COC(=O)Nc1cccc(NCc2nnc3n(C)c(=O)c4ccccc4n23)c1. The maximum atomic E-state index is 12.6. The molecule has 31 heavy (non-hydrogen) atoms. The molecular formula is C22H24N6O3. The summed E-state index contributed by atoms with van der Waals surface area (Å²) in [7, 11) is 1.68. The Kier molecular flexibility index (Phi) is 5.57. The molecule has 0 saturated heterocycles. The van der Waals surface area contributed by atoms with Crippen LogP contribution in [0.5, 0.6) is 0 Å². The Morgan fingerprint density at radius 1 is 1.10 bits per heavy atom. The van der Waals surface area contributed by atoms with Gasteiger partial charge in [0, 0.05) is 18.4 Å².